The number of hydrogen-bond donors (Lipinski definition) is 1. The molecular weight excluding hydrogens is 479 g/mol. The Hall–Kier alpha value is -4.14. The van der Waals surface area contributed by atoms with Gasteiger partial charge in [0.05, 0.1) is 11.3 Å². The molecule has 5 rings (SSSR count). The largest absolute Gasteiger partial charge is 0.416 e. The highest BCUT2D eigenvalue weighted by molar-refractivity contribution is 6.01. The summed E-state index contributed by atoms with van der Waals surface area (Å²) in [7, 11) is 0. The standard InChI is InChI=1S/C28H26F3N5O/c1-18-19(2)32-25(21-9-5-10-22(17-21)28(29,30)31)34-26(18)35-13-15-36(16-14-35)27(37)33-24-12-6-8-20-7-3-4-11-23(20)24/h3-12,17H,13-16H2,1-2H3,(H,33,37). The average Bonchev–Trinajstić information content (AvgIpc) is 2.90. The van der Waals surface area contributed by atoms with Crippen molar-refractivity contribution in [2.45, 2.75) is 20.0 Å². The molecule has 1 fully saturated rings. The highest BCUT2D eigenvalue weighted by Crippen LogP contribution is 2.32. The number of anilines is 2. The maximum atomic E-state index is 13.2. The van der Waals surface area contributed by atoms with Crippen molar-refractivity contribution in [3.8, 4) is 11.4 Å². The molecule has 0 atom stereocenters. The summed E-state index contributed by atoms with van der Waals surface area (Å²) in [6.07, 6.45) is -4.44. The van der Waals surface area contributed by atoms with Crippen molar-refractivity contribution < 1.29 is 18.0 Å². The van der Waals surface area contributed by atoms with E-state index in [-0.39, 0.29) is 11.9 Å². The van der Waals surface area contributed by atoms with Crippen LogP contribution in [0.2, 0.25) is 0 Å². The first-order valence-electron chi connectivity index (χ1n) is 12.0. The van der Waals surface area contributed by atoms with E-state index in [0.29, 0.717) is 43.3 Å². The number of hydrogen-bond acceptors (Lipinski definition) is 4. The Bertz CT molecular complexity index is 1460. The number of nitrogens with zero attached hydrogens (tertiary/aromatic N) is 4. The molecule has 190 valence electrons. The van der Waals surface area contributed by atoms with Crippen molar-refractivity contribution >= 4 is 28.3 Å². The van der Waals surface area contributed by atoms with Crippen molar-refractivity contribution in [2.75, 3.05) is 36.4 Å². The van der Waals surface area contributed by atoms with Crippen LogP contribution in [0.1, 0.15) is 16.8 Å². The van der Waals surface area contributed by atoms with Gasteiger partial charge in [0.2, 0.25) is 0 Å². The summed E-state index contributed by atoms with van der Waals surface area (Å²) < 4.78 is 39.7. The lowest BCUT2D eigenvalue weighted by Crippen LogP contribution is -2.50. The number of nitrogens with one attached hydrogen (secondary N) is 1. The number of carbonyl (C=O) groups excluding carboxylic acids is 1. The van der Waals surface area contributed by atoms with Gasteiger partial charge in [-0.1, -0.05) is 48.5 Å². The Kier molecular flexibility index (Phi) is 6.45. The molecule has 1 saturated heterocycles. The van der Waals surface area contributed by atoms with E-state index in [0.717, 1.165) is 34.2 Å². The second-order valence-electron chi connectivity index (χ2n) is 9.09. The molecule has 2 heterocycles. The molecule has 9 heteroatoms. The van der Waals surface area contributed by atoms with Crippen LogP contribution < -0.4 is 10.2 Å². The van der Waals surface area contributed by atoms with Crippen LogP contribution in [0.5, 0.6) is 0 Å². The summed E-state index contributed by atoms with van der Waals surface area (Å²) in [5.41, 5.74) is 1.91. The predicted molar refractivity (Wildman–Crippen MR) is 139 cm³/mol. The minimum atomic E-state index is -4.44. The summed E-state index contributed by atoms with van der Waals surface area (Å²) in [5, 5.41) is 5.06. The zero-order chi connectivity index (χ0) is 26.2. The van der Waals surface area contributed by atoms with Gasteiger partial charge in [0.15, 0.2) is 5.82 Å². The van der Waals surface area contributed by atoms with Crippen LogP contribution in [0.25, 0.3) is 22.2 Å². The number of aryl methyl sites for hydroxylation is 1. The normalized spacial score (nSPS) is 14.2. The number of alkyl halides is 3. The van der Waals surface area contributed by atoms with Crippen LogP contribution in [0, 0.1) is 13.8 Å². The molecule has 1 aliphatic heterocycles. The van der Waals surface area contributed by atoms with E-state index in [9.17, 15) is 18.0 Å². The van der Waals surface area contributed by atoms with E-state index >= 15 is 0 Å². The topological polar surface area (TPSA) is 61.4 Å². The van der Waals surface area contributed by atoms with Crippen molar-refractivity contribution in [3.63, 3.8) is 0 Å². The molecule has 1 N–H and O–H groups in total. The molecule has 0 unspecified atom stereocenters. The molecule has 2 amide bonds. The third-order valence-corrected chi connectivity index (χ3v) is 6.71. The van der Waals surface area contributed by atoms with Crippen LogP contribution in [0.3, 0.4) is 0 Å². The van der Waals surface area contributed by atoms with Gasteiger partial charge in [-0.25, -0.2) is 14.8 Å². The van der Waals surface area contributed by atoms with Crippen LogP contribution >= 0.6 is 0 Å². The molecule has 1 aromatic heterocycles. The lowest BCUT2D eigenvalue weighted by atomic mass is 10.1. The highest BCUT2D eigenvalue weighted by atomic mass is 19.4. The fourth-order valence-electron chi connectivity index (χ4n) is 4.54. The quantitative estimate of drug-likeness (QED) is 0.356. The Morgan fingerprint density at radius 3 is 2.35 bits per heavy atom. The maximum absolute atomic E-state index is 13.2. The van der Waals surface area contributed by atoms with Crippen LogP contribution in [-0.4, -0.2) is 47.1 Å². The number of urea groups is 1. The fraction of sp³-hybridized carbons (Fsp3) is 0.250. The minimum Gasteiger partial charge on any atom is -0.353 e. The first-order chi connectivity index (χ1) is 17.7. The van der Waals surface area contributed by atoms with E-state index in [2.05, 4.69) is 20.2 Å². The van der Waals surface area contributed by atoms with Crippen molar-refractivity contribution in [3.05, 3.63) is 83.6 Å². The number of fused-ring (bicyclic) bond motifs is 1. The number of amides is 2. The van der Waals surface area contributed by atoms with Gasteiger partial charge in [-0.05, 0) is 37.4 Å². The predicted octanol–water partition coefficient (Wildman–Crippen LogP) is 6.29. The highest BCUT2D eigenvalue weighted by Gasteiger charge is 2.31. The summed E-state index contributed by atoms with van der Waals surface area (Å²) >= 11 is 0. The van der Waals surface area contributed by atoms with E-state index in [4.69, 9.17) is 0 Å². The lowest BCUT2D eigenvalue weighted by Gasteiger charge is -2.36. The molecule has 37 heavy (non-hydrogen) atoms. The molecule has 0 aliphatic carbocycles. The van der Waals surface area contributed by atoms with Gasteiger partial charge in [-0.15, -0.1) is 0 Å². The SMILES string of the molecule is Cc1nc(-c2cccc(C(F)(F)F)c2)nc(N2CCN(C(=O)Nc3cccc4ccccc34)CC2)c1C. The number of halogens is 3. The maximum Gasteiger partial charge on any atom is 0.416 e. The Labute approximate surface area is 212 Å². The monoisotopic (exact) mass is 505 g/mol. The van der Waals surface area contributed by atoms with Crippen molar-refractivity contribution in [1.29, 1.82) is 0 Å². The summed E-state index contributed by atoms with van der Waals surface area (Å²) in [6.45, 7) is 5.78. The third-order valence-electron chi connectivity index (χ3n) is 6.71. The molecular formula is C28H26F3N5O. The average molecular weight is 506 g/mol. The zero-order valence-electron chi connectivity index (χ0n) is 20.5. The molecule has 4 aromatic rings. The molecule has 6 nitrogen and oxygen atoms in total. The second-order valence-corrected chi connectivity index (χ2v) is 9.09. The Balaban J connectivity index is 1.32. The summed E-state index contributed by atoms with van der Waals surface area (Å²) in [5.74, 6) is 0.925. The number of piperazine rings is 1. The minimum absolute atomic E-state index is 0.170. The zero-order valence-corrected chi connectivity index (χ0v) is 20.5. The number of aromatic nitrogens is 2. The number of rotatable bonds is 3. The lowest BCUT2D eigenvalue weighted by molar-refractivity contribution is -0.137. The van der Waals surface area contributed by atoms with Crippen molar-refractivity contribution in [2.24, 2.45) is 0 Å². The van der Waals surface area contributed by atoms with E-state index in [1.165, 1.54) is 6.07 Å². The van der Waals surface area contributed by atoms with E-state index in [1.54, 1.807) is 11.0 Å². The van der Waals surface area contributed by atoms with Crippen LogP contribution in [0.15, 0.2) is 66.7 Å². The van der Waals surface area contributed by atoms with Gasteiger partial charge < -0.3 is 15.1 Å². The smallest absolute Gasteiger partial charge is 0.353 e. The number of carbonyl (C=O) groups is 1. The second kappa shape index (κ2) is 9.72. The van der Waals surface area contributed by atoms with Crippen LogP contribution in [-0.2, 0) is 6.18 Å². The van der Waals surface area contributed by atoms with E-state index in [1.807, 2.05) is 56.3 Å². The summed E-state index contributed by atoms with van der Waals surface area (Å²) in [4.78, 5) is 25.9. The summed E-state index contributed by atoms with van der Waals surface area (Å²) in [6, 6.07) is 18.6. The molecule has 0 bridgehead atoms. The molecule has 0 radical (unpaired) electrons. The molecule has 0 spiro atoms. The van der Waals surface area contributed by atoms with Gasteiger partial charge in [0.25, 0.3) is 0 Å². The van der Waals surface area contributed by atoms with Gasteiger partial charge in [-0.2, -0.15) is 13.2 Å². The Morgan fingerprint density at radius 2 is 1.59 bits per heavy atom. The number of benzene rings is 3. The molecule has 1 aliphatic rings. The van der Waals surface area contributed by atoms with Crippen molar-refractivity contribution in [1.82, 2.24) is 14.9 Å². The fourth-order valence-corrected chi connectivity index (χ4v) is 4.54. The van der Waals surface area contributed by atoms with Gasteiger partial charge >= 0.3 is 12.2 Å². The molecule has 0 saturated carbocycles. The van der Waals surface area contributed by atoms with Gasteiger partial charge in [0.1, 0.15) is 5.82 Å². The van der Waals surface area contributed by atoms with Gasteiger partial charge in [0, 0.05) is 48.4 Å². The Morgan fingerprint density at radius 1 is 0.892 bits per heavy atom. The molecule has 3 aromatic carbocycles. The van der Waals surface area contributed by atoms with Crippen LogP contribution in [0.4, 0.5) is 29.5 Å². The van der Waals surface area contributed by atoms with Gasteiger partial charge in [-0.3, -0.25) is 0 Å². The third kappa shape index (κ3) is 5.07. The first kappa shape index (κ1) is 24.5. The van der Waals surface area contributed by atoms with E-state index < -0.39 is 11.7 Å². The first-order valence-corrected chi connectivity index (χ1v) is 12.0.